The lowest BCUT2D eigenvalue weighted by Crippen LogP contribution is -2.25. The number of rotatable bonds is 3. The van der Waals surface area contributed by atoms with Crippen LogP contribution in [0.5, 0.6) is 0 Å². The zero-order valence-electron chi connectivity index (χ0n) is 9.16. The second-order valence-corrected chi connectivity index (χ2v) is 4.96. The van der Waals surface area contributed by atoms with Crippen LogP contribution in [0.15, 0.2) is 22.7 Å². The maximum absolute atomic E-state index is 13.5. The Labute approximate surface area is 107 Å². The molecule has 1 aliphatic rings. The van der Waals surface area contributed by atoms with Crippen molar-refractivity contribution in [3.05, 3.63) is 34.1 Å². The lowest BCUT2D eigenvalue weighted by Gasteiger charge is -2.12. The molecular formula is C12H13BrFNO2. The van der Waals surface area contributed by atoms with E-state index in [-0.39, 0.29) is 17.5 Å². The Kier molecular flexibility index (Phi) is 3.91. The summed E-state index contributed by atoms with van der Waals surface area (Å²) in [6, 6.07) is 4.31. The fraction of sp³-hybridized carbons (Fsp3) is 0.417. The Morgan fingerprint density at radius 1 is 1.53 bits per heavy atom. The van der Waals surface area contributed by atoms with Crippen LogP contribution in [0.1, 0.15) is 23.2 Å². The second-order valence-electron chi connectivity index (χ2n) is 4.05. The van der Waals surface area contributed by atoms with Crippen molar-refractivity contribution < 1.29 is 13.9 Å². The fourth-order valence-electron chi connectivity index (χ4n) is 1.93. The molecule has 0 bridgehead atoms. The van der Waals surface area contributed by atoms with Gasteiger partial charge in [-0.25, -0.2) is 4.39 Å². The molecule has 1 heterocycles. The van der Waals surface area contributed by atoms with E-state index in [0.29, 0.717) is 17.4 Å². The average Bonchev–Trinajstić information content (AvgIpc) is 2.80. The van der Waals surface area contributed by atoms with E-state index in [9.17, 15) is 9.18 Å². The number of ketones is 1. The van der Waals surface area contributed by atoms with Crippen molar-refractivity contribution in [1.82, 2.24) is 0 Å². The van der Waals surface area contributed by atoms with Gasteiger partial charge in [-0.2, -0.15) is 0 Å². The molecule has 0 aliphatic carbocycles. The van der Waals surface area contributed by atoms with Crippen LogP contribution in [0.2, 0.25) is 0 Å². The Morgan fingerprint density at radius 3 is 2.94 bits per heavy atom. The summed E-state index contributed by atoms with van der Waals surface area (Å²) in [4.78, 5) is 12.1. The maximum atomic E-state index is 13.5. The number of halogens is 2. The molecule has 3 nitrogen and oxygen atoms in total. The van der Waals surface area contributed by atoms with E-state index in [1.54, 1.807) is 6.07 Å². The van der Waals surface area contributed by atoms with Gasteiger partial charge in [-0.05, 0) is 31.0 Å². The molecule has 1 aromatic carbocycles. The predicted molar refractivity (Wildman–Crippen MR) is 65.4 cm³/mol. The van der Waals surface area contributed by atoms with Crippen molar-refractivity contribution in [2.75, 3.05) is 6.54 Å². The van der Waals surface area contributed by atoms with E-state index in [2.05, 4.69) is 15.9 Å². The van der Waals surface area contributed by atoms with Crippen molar-refractivity contribution >= 4 is 21.7 Å². The predicted octanol–water partition coefficient (Wildman–Crippen LogP) is 2.28. The Morgan fingerprint density at radius 2 is 2.29 bits per heavy atom. The molecule has 0 aromatic heterocycles. The zero-order chi connectivity index (χ0) is 12.4. The summed E-state index contributed by atoms with van der Waals surface area (Å²) in [5.41, 5.74) is 5.54. The molecule has 2 rings (SSSR count). The normalized spacial score (nSPS) is 23.9. The van der Waals surface area contributed by atoms with E-state index >= 15 is 0 Å². The van der Waals surface area contributed by atoms with Crippen molar-refractivity contribution in [3.63, 3.8) is 0 Å². The zero-order valence-corrected chi connectivity index (χ0v) is 10.7. The summed E-state index contributed by atoms with van der Waals surface area (Å²) in [5, 5.41) is 0. The topological polar surface area (TPSA) is 52.3 Å². The molecule has 0 saturated carbocycles. The van der Waals surface area contributed by atoms with Crippen LogP contribution in [-0.4, -0.2) is 24.5 Å². The highest BCUT2D eigenvalue weighted by atomic mass is 79.9. The molecular weight excluding hydrogens is 289 g/mol. The third kappa shape index (κ3) is 2.73. The van der Waals surface area contributed by atoms with Gasteiger partial charge in [0.25, 0.3) is 0 Å². The highest BCUT2D eigenvalue weighted by molar-refractivity contribution is 9.10. The highest BCUT2D eigenvalue weighted by Gasteiger charge is 2.31. The van der Waals surface area contributed by atoms with Gasteiger partial charge >= 0.3 is 0 Å². The van der Waals surface area contributed by atoms with Crippen LogP contribution >= 0.6 is 15.9 Å². The largest absolute Gasteiger partial charge is 0.366 e. The molecule has 1 fully saturated rings. The summed E-state index contributed by atoms with van der Waals surface area (Å²) in [7, 11) is 0. The van der Waals surface area contributed by atoms with Crippen LogP contribution in [0.25, 0.3) is 0 Å². The van der Waals surface area contributed by atoms with Crippen LogP contribution in [0.3, 0.4) is 0 Å². The minimum absolute atomic E-state index is 0.0713. The van der Waals surface area contributed by atoms with Gasteiger partial charge in [-0.1, -0.05) is 15.9 Å². The molecule has 0 radical (unpaired) electrons. The summed E-state index contributed by atoms with van der Waals surface area (Å²) >= 11 is 3.22. The van der Waals surface area contributed by atoms with Gasteiger partial charge in [0, 0.05) is 11.0 Å². The minimum atomic E-state index is -0.563. The third-order valence-electron chi connectivity index (χ3n) is 2.86. The first-order valence-electron chi connectivity index (χ1n) is 5.46. The number of nitrogens with two attached hydrogens (primary N) is 1. The Hall–Kier alpha value is -0.780. The summed E-state index contributed by atoms with van der Waals surface area (Å²) in [6.45, 7) is 0.394. The average molecular weight is 302 g/mol. The van der Waals surface area contributed by atoms with E-state index in [4.69, 9.17) is 10.5 Å². The van der Waals surface area contributed by atoms with Crippen molar-refractivity contribution in [1.29, 1.82) is 0 Å². The monoisotopic (exact) mass is 301 g/mol. The second kappa shape index (κ2) is 5.25. The third-order valence-corrected chi connectivity index (χ3v) is 3.35. The first-order chi connectivity index (χ1) is 8.11. The van der Waals surface area contributed by atoms with Gasteiger partial charge in [-0.15, -0.1) is 0 Å². The highest BCUT2D eigenvalue weighted by Crippen LogP contribution is 2.24. The van der Waals surface area contributed by atoms with Crippen molar-refractivity contribution in [2.45, 2.75) is 25.0 Å². The molecule has 1 aliphatic heterocycles. The van der Waals surface area contributed by atoms with Gasteiger partial charge < -0.3 is 10.5 Å². The van der Waals surface area contributed by atoms with E-state index in [1.807, 2.05) is 0 Å². The van der Waals surface area contributed by atoms with Crippen LogP contribution in [0, 0.1) is 5.82 Å². The number of Topliss-reactive ketones (excluding diaryl/α,β-unsaturated/α-hetero) is 1. The Balaban J connectivity index is 2.17. The molecule has 0 amide bonds. The van der Waals surface area contributed by atoms with Crippen molar-refractivity contribution in [2.24, 2.45) is 5.73 Å². The first-order valence-corrected chi connectivity index (χ1v) is 6.26. The van der Waals surface area contributed by atoms with Gasteiger partial charge in [0.1, 0.15) is 11.9 Å². The summed E-state index contributed by atoms with van der Waals surface area (Å²) in [5.74, 6) is -0.822. The van der Waals surface area contributed by atoms with Crippen LogP contribution in [-0.2, 0) is 4.74 Å². The van der Waals surface area contributed by atoms with E-state index in [1.165, 1.54) is 12.1 Å². The smallest absolute Gasteiger partial charge is 0.194 e. The molecule has 2 N–H and O–H groups in total. The van der Waals surface area contributed by atoms with Gasteiger partial charge in [0.15, 0.2) is 5.78 Å². The Bertz CT molecular complexity index is 439. The molecule has 1 saturated heterocycles. The molecule has 17 heavy (non-hydrogen) atoms. The van der Waals surface area contributed by atoms with Crippen molar-refractivity contribution in [3.8, 4) is 0 Å². The van der Waals surface area contributed by atoms with Crippen LogP contribution < -0.4 is 5.73 Å². The fourth-order valence-corrected chi connectivity index (χ4v) is 2.29. The summed E-state index contributed by atoms with van der Waals surface area (Å²) in [6.07, 6.45) is 0.710. The molecule has 5 heteroatoms. The molecule has 1 aromatic rings. The number of carbonyl (C=O) groups is 1. The first kappa shape index (κ1) is 12.7. The van der Waals surface area contributed by atoms with Gasteiger partial charge in [0.05, 0.1) is 11.7 Å². The van der Waals surface area contributed by atoms with E-state index in [0.717, 1.165) is 6.42 Å². The molecule has 2 unspecified atom stereocenters. The molecule has 92 valence electrons. The number of benzene rings is 1. The number of hydrogen-bond acceptors (Lipinski definition) is 3. The molecule has 0 spiro atoms. The SMILES string of the molecule is NCC1CCC(C(=O)c2cc(Br)ccc2F)O1. The van der Waals surface area contributed by atoms with Crippen LogP contribution in [0.4, 0.5) is 4.39 Å². The van der Waals surface area contributed by atoms with Gasteiger partial charge in [0.2, 0.25) is 0 Å². The van der Waals surface area contributed by atoms with Gasteiger partial charge in [-0.3, -0.25) is 4.79 Å². The lowest BCUT2D eigenvalue weighted by molar-refractivity contribution is 0.0401. The number of carbonyl (C=O) groups excluding carboxylic acids is 1. The minimum Gasteiger partial charge on any atom is -0.366 e. The van der Waals surface area contributed by atoms with E-state index < -0.39 is 11.9 Å². The number of hydrogen-bond donors (Lipinski definition) is 1. The number of ether oxygens (including phenoxy) is 1. The standard InChI is InChI=1S/C12H13BrFNO2/c13-7-1-3-10(14)9(5-7)12(16)11-4-2-8(6-15)17-11/h1,3,5,8,11H,2,4,6,15H2. The quantitative estimate of drug-likeness (QED) is 0.872. The molecule has 2 atom stereocenters. The lowest BCUT2D eigenvalue weighted by atomic mass is 10.0. The summed E-state index contributed by atoms with van der Waals surface area (Å²) < 4.78 is 19.7. The maximum Gasteiger partial charge on any atom is 0.194 e.